The van der Waals surface area contributed by atoms with Gasteiger partial charge in [0.05, 0.1) is 36.1 Å². The summed E-state index contributed by atoms with van der Waals surface area (Å²) in [4.78, 5) is 40.8. The van der Waals surface area contributed by atoms with Crippen molar-refractivity contribution in [3.63, 3.8) is 0 Å². The highest BCUT2D eigenvalue weighted by Gasteiger charge is 2.66. The summed E-state index contributed by atoms with van der Waals surface area (Å²) in [6, 6.07) is 11.8. The minimum atomic E-state index is -1.09. The van der Waals surface area contributed by atoms with Crippen LogP contribution in [0.5, 0.6) is 0 Å². The first-order valence-electron chi connectivity index (χ1n) is 18.4. The zero-order valence-corrected chi connectivity index (χ0v) is 32.5. The van der Waals surface area contributed by atoms with Gasteiger partial charge in [0.15, 0.2) is 16.9 Å². The SMILES string of the molecule is CSOC12CC3(C)CC(C)(CC(Cn4ncc(-c5ccc(N6CCn7cnc(C(=O)NC8Sc9ccccc9N8C)c7C6)nc5C(=O)O)c4C)(C3)C1)C2. The van der Waals surface area contributed by atoms with Gasteiger partial charge in [0, 0.05) is 54.7 Å². The van der Waals surface area contributed by atoms with Crippen molar-refractivity contribution in [2.24, 2.45) is 16.2 Å². The predicted octanol–water partition coefficient (Wildman–Crippen LogP) is 6.84. The fraction of sp³-hybridized carbons (Fsp3) is 0.513. The normalized spacial score (nSPS) is 29.7. The summed E-state index contributed by atoms with van der Waals surface area (Å²) in [5, 5.41) is 18.5. The van der Waals surface area contributed by atoms with Gasteiger partial charge in [-0.3, -0.25) is 9.48 Å². The molecule has 6 aliphatic rings. The third-order valence-corrected chi connectivity index (χ3v) is 14.2. The summed E-state index contributed by atoms with van der Waals surface area (Å²) in [7, 11) is 1.97. The van der Waals surface area contributed by atoms with Crippen molar-refractivity contribution in [1.82, 2.24) is 29.6 Å². The molecule has 2 aliphatic heterocycles. The Morgan fingerprint density at radius 1 is 1.02 bits per heavy atom. The maximum absolute atomic E-state index is 13.6. The number of aromatic nitrogens is 5. The third-order valence-electron chi connectivity index (χ3n) is 12.4. The van der Waals surface area contributed by atoms with Crippen LogP contribution in [0.1, 0.15) is 84.7 Å². The van der Waals surface area contributed by atoms with Crippen molar-refractivity contribution >= 4 is 47.2 Å². The highest BCUT2D eigenvalue weighted by Crippen LogP contribution is 2.72. The second-order valence-corrected chi connectivity index (χ2v) is 18.6. The molecule has 0 saturated heterocycles. The number of para-hydroxylation sites is 1. The standard InChI is InChI=1S/C39H46N8O4S2/c1-24-26(14-41-47(24)22-38-17-36(2)16-37(3,18-38)20-39(19-36,21-38)51-52-5)25-10-11-30(42-31(25)34(49)50)45-12-13-46-23-40-32(28(46)15-45)33(48)43-35-44(4)27-8-6-7-9-29(27)53-35/h6-11,14,23,35H,12-13,15-22H2,1-5H3,(H,43,48)(H,49,50). The molecular weight excluding hydrogens is 709 g/mol. The molecular formula is C39H46N8O4S2. The third kappa shape index (κ3) is 5.83. The first kappa shape index (κ1) is 34.7. The molecule has 4 aromatic rings. The number of thioether (sulfide) groups is 1. The van der Waals surface area contributed by atoms with Crippen molar-refractivity contribution in [3.8, 4) is 11.1 Å². The monoisotopic (exact) mass is 754 g/mol. The van der Waals surface area contributed by atoms with Crippen LogP contribution in [0, 0.1) is 23.2 Å². The van der Waals surface area contributed by atoms with Crippen LogP contribution in [-0.4, -0.2) is 72.2 Å². The Kier molecular flexibility index (Phi) is 8.03. The number of rotatable bonds is 9. The second-order valence-electron chi connectivity index (χ2n) is 17.0. The zero-order chi connectivity index (χ0) is 36.9. The van der Waals surface area contributed by atoms with E-state index in [2.05, 4.69) is 39.8 Å². The lowest BCUT2D eigenvalue weighted by Gasteiger charge is -2.68. The van der Waals surface area contributed by atoms with E-state index in [0.29, 0.717) is 36.7 Å². The van der Waals surface area contributed by atoms with Crippen molar-refractivity contribution in [2.75, 3.05) is 29.6 Å². The minimum absolute atomic E-state index is 0.00907. The number of nitrogens with zero attached hydrogens (tertiary/aromatic N) is 7. The summed E-state index contributed by atoms with van der Waals surface area (Å²) in [5.74, 6) is -0.789. The quantitative estimate of drug-likeness (QED) is 0.174. The number of nitrogens with one attached hydrogen (secondary N) is 1. The van der Waals surface area contributed by atoms with Crippen LogP contribution < -0.4 is 15.1 Å². The molecule has 278 valence electrons. The molecule has 0 radical (unpaired) electrons. The number of carbonyl (C=O) groups excluding carboxylic acids is 1. The molecule has 1 aromatic carbocycles. The summed E-state index contributed by atoms with van der Waals surface area (Å²) in [6.45, 7) is 9.30. The number of hydrogen-bond acceptors (Lipinski definition) is 10. The fourth-order valence-electron chi connectivity index (χ4n) is 11.6. The number of imidazole rings is 1. The van der Waals surface area contributed by atoms with E-state index < -0.39 is 5.97 Å². The van der Waals surface area contributed by atoms with Gasteiger partial charge < -0.3 is 29.0 Å². The van der Waals surface area contributed by atoms with Crippen LogP contribution in [0.2, 0.25) is 0 Å². The van der Waals surface area contributed by atoms with Gasteiger partial charge >= 0.3 is 5.97 Å². The number of pyridine rings is 1. The molecule has 3 aromatic heterocycles. The largest absolute Gasteiger partial charge is 0.476 e. The molecule has 4 fully saturated rings. The van der Waals surface area contributed by atoms with E-state index in [-0.39, 0.29) is 38.9 Å². The molecule has 4 aliphatic carbocycles. The van der Waals surface area contributed by atoms with Gasteiger partial charge in [-0.05, 0) is 98.0 Å². The van der Waals surface area contributed by atoms with Gasteiger partial charge in [0.25, 0.3) is 5.91 Å². The Morgan fingerprint density at radius 3 is 2.53 bits per heavy atom. The van der Waals surface area contributed by atoms with Gasteiger partial charge in [0.2, 0.25) is 0 Å². The molecule has 14 heteroatoms. The first-order chi connectivity index (χ1) is 25.3. The number of benzene rings is 1. The average Bonchev–Trinajstić information content (AvgIpc) is 3.77. The fourth-order valence-corrected chi connectivity index (χ4v) is 13.3. The van der Waals surface area contributed by atoms with E-state index in [4.69, 9.17) is 14.3 Å². The Balaban J connectivity index is 0.948. The molecule has 3 unspecified atom stereocenters. The van der Waals surface area contributed by atoms with E-state index in [1.165, 1.54) is 18.5 Å². The number of fused-ring (bicyclic) bond motifs is 2. The van der Waals surface area contributed by atoms with Crippen LogP contribution in [0.25, 0.3) is 11.1 Å². The summed E-state index contributed by atoms with van der Waals surface area (Å²) >= 11 is 3.10. The molecule has 4 saturated carbocycles. The maximum Gasteiger partial charge on any atom is 0.355 e. The Hall–Kier alpha value is -4.01. The molecule has 10 rings (SSSR count). The Bertz CT molecular complexity index is 2130. The molecule has 1 amide bonds. The van der Waals surface area contributed by atoms with Crippen molar-refractivity contribution in [3.05, 3.63) is 71.7 Å². The van der Waals surface area contributed by atoms with Gasteiger partial charge in [-0.15, -0.1) is 0 Å². The van der Waals surface area contributed by atoms with Crippen molar-refractivity contribution in [2.45, 2.75) is 94.9 Å². The minimum Gasteiger partial charge on any atom is -0.476 e. The van der Waals surface area contributed by atoms with Crippen LogP contribution in [-0.2, 0) is 23.8 Å². The summed E-state index contributed by atoms with van der Waals surface area (Å²) in [5.41, 5.74) is 4.70. The molecule has 4 bridgehead atoms. The number of carboxylic acid groups (broad SMARTS) is 1. The number of hydrogen-bond donors (Lipinski definition) is 2. The molecule has 12 nitrogen and oxygen atoms in total. The van der Waals surface area contributed by atoms with Crippen LogP contribution in [0.3, 0.4) is 0 Å². The van der Waals surface area contributed by atoms with E-state index in [1.807, 2.05) is 60.0 Å². The van der Waals surface area contributed by atoms with E-state index in [1.54, 1.807) is 24.3 Å². The Morgan fingerprint density at radius 2 is 1.79 bits per heavy atom. The molecule has 3 atom stereocenters. The topological polar surface area (TPSA) is 131 Å². The lowest BCUT2D eigenvalue weighted by atomic mass is 9.39. The predicted molar refractivity (Wildman–Crippen MR) is 206 cm³/mol. The highest BCUT2D eigenvalue weighted by atomic mass is 32.2. The molecule has 2 N–H and O–H groups in total. The lowest BCUT2D eigenvalue weighted by Crippen LogP contribution is -2.64. The second kappa shape index (κ2) is 12.3. The van der Waals surface area contributed by atoms with E-state index in [9.17, 15) is 14.7 Å². The molecule has 53 heavy (non-hydrogen) atoms. The van der Waals surface area contributed by atoms with Crippen LogP contribution >= 0.6 is 23.8 Å². The van der Waals surface area contributed by atoms with E-state index in [0.717, 1.165) is 66.2 Å². The summed E-state index contributed by atoms with van der Waals surface area (Å²) in [6.07, 6.45) is 12.4. The van der Waals surface area contributed by atoms with Crippen LogP contribution in [0.15, 0.2) is 53.8 Å². The number of amides is 1. The van der Waals surface area contributed by atoms with Gasteiger partial charge in [-0.25, -0.2) is 14.8 Å². The zero-order valence-electron chi connectivity index (χ0n) is 30.9. The maximum atomic E-state index is 13.6. The number of carboxylic acids is 1. The first-order valence-corrected chi connectivity index (χ1v) is 20.4. The van der Waals surface area contributed by atoms with Gasteiger partial charge in [-0.1, -0.05) is 37.7 Å². The van der Waals surface area contributed by atoms with Crippen LogP contribution in [0.4, 0.5) is 11.5 Å². The van der Waals surface area contributed by atoms with Gasteiger partial charge in [0.1, 0.15) is 5.82 Å². The smallest absolute Gasteiger partial charge is 0.355 e. The summed E-state index contributed by atoms with van der Waals surface area (Å²) < 4.78 is 10.6. The molecule has 5 heterocycles. The number of anilines is 2. The van der Waals surface area contributed by atoms with E-state index >= 15 is 0 Å². The Labute approximate surface area is 318 Å². The van der Waals surface area contributed by atoms with Crippen molar-refractivity contribution in [1.29, 1.82) is 0 Å². The average molecular weight is 755 g/mol. The lowest BCUT2D eigenvalue weighted by molar-refractivity contribution is -0.214. The van der Waals surface area contributed by atoms with Gasteiger partial charge in [-0.2, -0.15) is 5.10 Å². The number of carbonyl (C=O) groups is 2. The van der Waals surface area contributed by atoms with Crippen molar-refractivity contribution < 1.29 is 18.9 Å². The molecule has 0 spiro atoms. The number of aromatic carboxylic acids is 1. The highest BCUT2D eigenvalue weighted by molar-refractivity contribution is 8.00.